The van der Waals surface area contributed by atoms with Crippen molar-refractivity contribution in [3.05, 3.63) is 76.2 Å². The van der Waals surface area contributed by atoms with Gasteiger partial charge < -0.3 is 5.43 Å². The minimum absolute atomic E-state index is 0.0102. The van der Waals surface area contributed by atoms with Crippen molar-refractivity contribution in [2.45, 2.75) is 26.3 Å². The minimum Gasteiger partial charge on any atom is -0.317 e. The van der Waals surface area contributed by atoms with Gasteiger partial charge in [-0.05, 0) is 30.2 Å². The summed E-state index contributed by atoms with van der Waals surface area (Å²) in [5.74, 6) is 0. The highest BCUT2D eigenvalue weighted by molar-refractivity contribution is 5.75. The van der Waals surface area contributed by atoms with Crippen LogP contribution >= 0.6 is 0 Å². The third-order valence-electron chi connectivity index (χ3n) is 3.64. The minimum atomic E-state index is -0.0102. The highest BCUT2D eigenvalue weighted by Gasteiger charge is 2.09. The van der Waals surface area contributed by atoms with Crippen molar-refractivity contribution in [1.82, 2.24) is 9.66 Å². The normalized spacial score (nSPS) is 10.8. The van der Waals surface area contributed by atoms with Crippen molar-refractivity contribution < 1.29 is 0 Å². The molecule has 0 aliphatic heterocycles. The number of hydrogen-bond acceptors (Lipinski definition) is 3. The van der Waals surface area contributed by atoms with E-state index in [1.807, 2.05) is 48.5 Å². The second-order valence-corrected chi connectivity index (χ2v) is 5.30. The molecule has 3 aromatic rings. The van der Waals surface area contributed by atoms with Crippen LogP contribution < -0.4 is 11.0 Å². The van der Waals surface area contributed by atoms with Crippen molar-refractivity contribution in [3.63, 3.8) is 0 Å². The lowest BCUT2D eigenvalue weighted by Crippen LogP contribution is -2.31. The third kappa shape index (κ3) is 2.86. The molecule has 0 saturated carbocycles. The number of aromatic nitrogens is 2. The number of benzene rings is 1. The summed E-state index contributed by atoms with van der Waals surface area (Å²) in [5.41, 5.74) is 5.82. The van der Waals surface area contributed by atoms with Gasteiger partial charge in [-0.3, -0.25) is 4.79 Å². The zero-order valence-corrected chi connectivity index (χ0v) is 12.6. The number of rotatable bonds is 5. The van der Waals surface area contributed by atoms with Crippen LogP contribution in [0.1, 0.15) is 24.5 Å². The molecule has 1 N–H and O–H groups in total. The molecule has 0 radical (unpaired) electrons. The fourth-order valence-corrected chi connectivity index (χ4v) is 2.56. The van der Waals surface area contributed by atoms with Gasteiger partial charge in [-0.25, -0.2) is 9.66 Å². The Bertz CT molecular complexity index is 825. The molecule has 0 fully saturated rings. The van der Waals surface area contributed by atoms with Crippen molar-refractivity contribution in [2.75, 3.05) is 5.43 Å². The highest BCUT2D eigenvalue weighted by Crippen LogP contribution is 2.11. The van der Waals surface area contributed by atoms with E-state index in [0.717, 1.165) is 29.4 Å². The molecule has 0 spiro atoms. The number of nitrogens with one attached hydrogen (secondary N) is 1. The summed E-state index contributed by atoms with van der Waals surface area (Å²) < 4.78 is 1.58. The van der Waals surface area contributed by atoms with Gasteiger partial charge in [-0.2, -0.15) is 0 Å². The van der Waals surface area contributed by atoms with Gasteiger partial charge in [-0.1, -0.05) is 43.7 Å². The van der Waals surface area contributed by atoms with E-state index < -0.39 is 0 Å². The third-order valence-corrected chi connectivity index (χ3v) is 3.64. The quantitative estimate of drug-likeness (QED) is 0.786. The summed E-state index contributed by atoms with van der Waals surface area (Å²) in [6.07, 6.45) is 3.43. The Balaban J connectivity index is 2.02. The summed E-state index contributed by atoms with van der Waals surface area (Å²) >= 11 is 0. The first kappa shape index (κ1) is 14.3. The molecule has 112 valence electrons. The molecule has 0 unspecified atom stereocenters. The number of nitrogens with zero attached hydrogens (tertiary/aromatic N) is 2. The molecule has 2 heterocycles. The molecule has 0 aliphatic rings. The number of hydrogen-bond donors (Lipinski definition) is 1. The SMILES string of the molecule is CCCc1cc2cccnc2n(NCc2ccccc2)c1=O. The van der Waals surface area contributed by atoms with Gasteiger partial charge in [0.1, 0.15) is 0 Å². The van der Waals surface area contributed by atoms with Crippen molar-refractivity contribution in [2.24, 2.45) is 0 Å². The van der Waals surface area contributed by atoms with E-state index >= 15 is 0 Å². The summed E-state index contributed by atoms with van der Waals surface area (Å²) in [7, 11) is 0. The van der Waals surface area contributed by atoms with E-state index in [1.165, 1.54) is 0 Å². The zero-order chi connectivity index (χ0) is 15.4. The van der Waals surface area contributed by atoms with Crippen LogP contribution in [0.2, 0.25) is 0 Å². The molecule has 3 rings (SSSR count). The monoisotopic (exact) mass is 293 g/mol. The van der Waals surface area contributed by atoms with Crippen LogP contribution in [0.3, 0.4) is 0 Å². The van der Waals surface area contributed by atoms with Crippen molar-refractivity contribution >= 4 is 11.0 Å². The van der Waals surface area contributed by atoms with Crippen LogP contribution in [0.4, 0.5) is 0 Å². The van der Waals surface area contributed by atoms with E-state index in [1.54, 1.807) is 10.9 Å². The maximum atomic E-state index is 12.7. The van der Waals surface area contributed by atoms with E-state index in [0.29, 0.717) is 12.2 Å². The van der Waals surface area contributed by atoms with Crippen LogP contribution in [0.5, 0.6) is 0 Å². The largest absolute Gasteiger partial charge is 0.317 e. The maximum absolute atomic E-state index is 12.7. The Labute approximate surface area is 129 Å². The molecule has 4 heteroatoms. The first-order valence-electron chi connectivity index (χ1n) is 7.57. The number of pyridine rings is 2. The summed E-state index contributed by atoms with van der Waals surface area (Å²) in [6, 6.07) is 15.9. The Morgan fingerprint density at radius 1 is 1.14 bits per heavy atom. The Morgan fingerprint density at radius 2 is 1.95 bits per heavy atom. The lowest BCUT2D eigenvalue weighted by Gasteiger charge is -2.14. The first-order valence-corrected chi connectivity index (χ1v) is 7.57. The Hall–Kier alpha value is -2.62. The summed E-state index contributed by atoms with van der Waals surface area (Å²) in [4.78, 5) is 17.0. The fourth-order valence-electron chi connectivity index (χ4n) is 2.56. The first-order chi connectivity index (χ1) is 10.8. The average Bonchev–Trinajstić information content (AvgIpc) is 2.56. The van der Waals surface area contributed by atoms with Gasteiger partial charge >= 0.3 is 0 Å². The van der Waals surface area contributed by atoms with E-state index in [9.17, 15) is 4.79 Å². The van der Waals surface area contributed by atoms with E-state index in [4.69, 9.17) is 0 Å². The van der Waals surface area contributed by atoms with Gasteiger partial charge in [0.05, 0.1) is 6.54 Å². The van der Waals surface area contributed by atoms with Gasteiger partial charge in [0.25, 0.3) is 5.56 Å². The molecule has 0 saturated heterocycles. The molecule has 22 heavy (non-hydrogen) atoms. The lowest BCUT2D eigenvalue weighted by atomic mass is 10.1. The predicted octanol–water partition coefficient (Wildman–Crippen LogP) is 3.09. The molecule has 0 bridgehead atoms. The number of aryl methyl sites for hydroxylation is 1. The smallest absolute Gasteiger partial charge is 0.274 e. The standard InChI is InChI=1S/C18H19N3O/c1-2-7-16-12-15-10-6-11-19-17(15)21(18(16)22)20-13-14-8-4-3-5-9-14/h3-6,8-12,20H,2,7,13H2,1H3. The van der Waals surface area contributed by atoms with Gasteiger partial charge in [0, 0.05) is 17.1 Å². The van der Waals surface area contributed by atoms with Crippen LogP contribution in [0.25, 0.3) is 11.0 Å². The predicted molar refractivity (Wildman–Crippen MR) is 89.5 cm³/mol. The topological polar surface area (TPSA) is 46.9 Å². The van der Waals surface area contributed by atoms with E-state index in [-0.39, 0.29) is 5.56 Å². The molecule has 0 aliphatic carbocycles. The van der Waals surface area contributed by atoms with Crippen LogP contribution in [0.15, 0.2) is 59.5 Å². The van der Waals surface area contributed by atoms with E-state index in [2.05, 4.69) is 17.3 Å². The van der Waals surface area contributed by atoms with Gasteiger partial charge in [0.2, 0.25) is 0 Å². The number of fused-ring (bicyclic) bond motifs is 1. The molecule has 1 aromatic carbocycles. The lowest BCUT2D eigenvalue weighted by molar-refractivity contribution is 0.795. The molecule has 2 aromatic heterocycles. The van der Waals surface area contributed by atoms with Gasteiger partial charge in [-0.15, -0.1) is 0 Å². The van der Waals surface area contributed by atoms with Crippen molar-refractivity contribution in [1.29, 1.82) is 0 Å². The molecule has 0 atom stereocenters. The highest BCUT2D eigenvalue weighted by atomic mass is 16.1. The Morgan fingerprint density at radius 3 is 2.73 bits per heavy atom. The maximum Gasteiger partial charge on any atom is 0.274 e. The molecular formula is C18H19N3O. The van der Waals surface area contributed by atoms with Crippen LogP contribution in [-0.4, -0.2) is 9.66 Å². The zero-order valence-electron chi connectivity index (χ0n) is 12.6. The second-order valence-electron chi connectivity index (χ2n) is 5.30. The van der Waals surface area contributed by atoms with Crippen molar-refractivity contribution in [3.8, 4) is 0 Å². The Kier molecular flexibility index (Phi) is 4.19. The second kappa shape index (κ2) is 6.43. The molecule has 4 nitrogen and oxygen atoms in total. The molecule has 0 amide bonds. The summed E-state index contributed by atoms with van der Waals surface area (Å²) in [6.45, 7) is 2.66. The fraction of sp³-hybridized carbons (Fsp3) is 0.222. The van der Waals surface area contributed by atoms with Crippen LogP contribution in [0, 0.1) is 0 Å². The van der Waals surface area contributed by atoms with Gasteiger partial charge in [0.15, 0.2) is 5.65 Å². The molecular weight excluding hydrogens is 274 g/mol. The van der Waals surface area contributed by atoms with Crippen LogP contribution in [-0.2, 0) is 13.0 Å². The summed E-state index contributed by atoms with van der Waals surface area (Å²) in [5, 5.41) is 0.978. The average molecular weight is 293 g/mol.